The van der Waals surface area contributed by atoms with Crippen molar-refractivity contribution in [2.75, 3.05) is 5.32 Å². The minimum Gasteiger partial charge on any atom is -0.351 e. The van der Waals surface area contributed by atoms with Crippen LogP contribution in [0.5, 0.6) is 0 Å². The molecule has 2 aromatic rings. The normalized spacial score (nSPS) is 11.0. The molecule has 1 aromatic heterocycles. The number of aromatic nitrogens is 1. The fraction of sp³-hybridized carbons (Fsp3) is 0.235. The monoisotopic (exact) mass is 365 g/mol. The Labute approximate surface area is 150 Å². The van der Waals surface area contributed by atoms with E-state index in [0.717, 1.165) is 5.56 Å². The lowest BCUT2D eigenvalue weighted by Crippen LogP contribution is -2.45. The van der Waals surface area contributed by atoms with Crippen LogP contribution in [-0.2, 0) is 16.1 Å². The van der Waals surface area contributed by atoms with Crippen molar-refractivity contribution in [2.45, 2.75) is 20.4 Å². The van der Waals surface area contributed by atoms with Crippen molar-refractivity contribution in [3.8, 4) is 0 Å². The molecule has 7 heteroatoms. The highest BCUT2D eigenvalue weighted by Gasteiger charge is 2.36. The van der Waals surface area contributed by atoms with Crippen molar-refractivity contribution in [3.05, 3.63) is 58.3 Å². The SMILES string of the molecule is CC(C)(C(=O)NCc1cccnc1)C(=O)Nc1c(Cl)cccc1Cl. The van der Waals surface area contributed by atoms with E-state index in [1.54, 1.807) is 36.7 Å². The predicted octanol–water partition coefficient (Wildman–Crippen LogP) is 3.67. The molecule has 0 aliphatic rings. The van der Waals surface area contributed by atoms with Crippen LogP contribution in [0.15, 0.2) is 42.7 Å². The first-order valence-corrected chi connectivity index (χ1v) is 8.00. The van der Waals surface area contributed by atoms with Crippen LogP contribution in [0.2, 0.25) is 10.0 Å². The van der Waals surface area contributed by atoms with Crippen molar-refractivity contribution in [2.24, 2.45) is 5.41 Å². The van der Waals surface area contributed by atoms with Gasteiger partial charge in [-0.1, -0.05) is 35.3 Å². The van der Waals surface area contributed by atoms with Gasteiger partial charge in [-0.25, -0.2) is 0 Å². The molecule has 0 spiro atoms. The summed E-state index contributed by atoms with van der Waals surface area (Å²) >= 11 is 12.1. The Hall–Kier alpha value is -2.11. The van der Waals surface area contributed by atoms with Crippen LogP contribution in [0.3, 0.4) is 0 Å². The fourth-order valence-corrected chi connectivity index (χ4v) is 2.39. The van der Waals surface area contributed by atoms with E-state index < -0.39 is 17.2 Å². The first-order chi connectivity index (χ1) is 11.3. The molecule has 24 heavy (non-hydrogen) atoms. The second-order valence-corrected chi connectivity index (χ2v) is 6.53. The maximum Gasteiger partial charge on any atom is 0.239 e. The maximum absolute atomic E-state index is 12.5. The lowest BCUT2D eigenvalue weighted by atomic mass is 9.91. The standard InChI is InChI=1S/C17H17Cl2N3O2/c1-17(2,15(23)21-10-11-5-4-8-20-9-11)16(24)22-14-12(18)6-3-7-13(14)19/h3-9H,10H2,1-2H3,(H,21,23)(H,22,24). The number of benzene rings is 1. The summed E-state index contributed by atoms with van der Waals surface area (Å²) in [7, 11) is 0. The summed E-state index contributed by atoms with van der Waals surface area (Å²) in [5.74, 6) is -0.909. The molecule has 1 heterocycles. The van der Waals surface area contributed by atoms with E-state index in [0.29, 0.717) is 15.7 Å². The molecule has 5 nitrogen and oxygen atoms in total. The first kappa shape index (κ1) is 18.2. The molecule has 1 aromatic carbocycles. The Morgan fingerprint density at radius 2 is 1.75 bits per heavy atom. The van der Waals surface area contributed by atoms with E-state index in [9.17, 15) is 9.59 Å². The number of nitrogens with zero attached hydrogens (tertiary/aromatic N) is 1. The molecule has 126 valence electrons. The van der Waals surface area contributed by atoms with Gasteiger partial charge in [0.1, 0.15) is 5.41 Å². The number of halogens is 2. The maximum atomic E-state index is 12.5. The largest absolute Gasteiger partial charge is 0.351 e. The van der Waals surface area contributed by atoms with Gasteiger partial charge in [0.05, 0.1) is 15.7 Å². The topological polar surface area (TPSA) is 71.1 Å². The van der Waals surface area contributed by atoms with Gasteiger partial charge < -0.3 is 10.6 Å². The summed E-state index contributed by atoms with van der Waals surface area (Å²) in [5.41, 5.74) is -0.166. The number of hydrogen-bond acceptors (Lipinski definition) is 3. The second kappa shape index (κ2) is 7.64. The van der Waals surface area contributed by atoms with Crippen molar-refractivity contribution in [3.63, 3.8) is 0 Å². The smallest absolute Gasteiger partial charge is 0.239 e. The third-order valence-corrected chi connectivity index (χ3v) is 4.14. The van der Waals surface area contributed by atoms with Crippen LogP contribution >= 0.6 is 23.2 Å². The molecule has 0 aliphatic carbocycles. The zero-order valence-electron chi connectivity index (χ0n) is 13.3. The highest BCUT2D eigenvalue weighted by molar-refractivity contribution is 6.40. The molecule has 2 rings (SSSR count). The third kappa shape index (κ3) is 4.24. The second-order valence-electron chi connectivity index (χ2n) is 5.72. The summed E-state index contributed by atoms with van der Waals surface area (Å²) in [6.45, 7) is 3.35. The number of pyridine rings is 1. The highest BCUT2D eigenvalue weighted by Crippen LogP contribution is 2.31. The minimum atomic E-state index is -1.30. The van der Waals surface area contributed by atoms with E-state index in [1.807, 2.05) is 6.07 Å². The van der Waals surface area contributed by atoms with Gasteiger partial charge in [-0.05, 0) is 37.6 Å². The van der Waals surface area contributed by atoms with Crippen LogP contribution in [-0.4, -0.2) is 16.8 Å². The Morgan fingerprint density at radius 1 is 1.08 bits per heavy atom. The molecular weight excluding hydrogens is 349 g/mol. The van der Waals surface area contributed by atoms with Gasteiger partial charge in [-0.2, -0.15) is 0 Å². The molecule has 0 fully saturated rings. The molecule has 2 amide bonds. The number of para-hydroxylation sites is 1. The molecule has 0 unspecified atom stereocenters. The molecule has 0 radical (unpaired) electrons. The van der Waals surface area contributed by atoms with Gasteiger partial charge in [0.2, 0.25) is 11.8 Å². The average molecular weight is 366 g/mol. The Morgan fingerprint density at radius 3 is 2.33 bits per heavy atom. The van der Waals surface area contributed by atoms with Crippen LogP contribution in [0, 0.1) is 5.41 Å². The number of rotatable bonds is 5. The molecular formula is C17H17Cl2N3O2. The number of carbonyl (C=O) groups excluding carboxylic acids is 2. The van der Waals surface area contributed by atoms with Gasteiger partial charge in [0, 0.05) is 18.9 Å². The van der Waals surface area contributed by atoms with Crippen LogP contribution in [0.25, 0.3) is 0 Å². The van der Waals surface area contributed by atoms with Crippen molar-refractivity contribution < 1.29 is 9.59 Å². The summed E-state index contributed by atoms with van der Waals surface area (Å²) in [5, 5.41) is 5.97. The van der Waals surface area contributed by atoms with Crippen LogP contribution in [0.4, 0.5) is 5.69 Å². The summed E-state index contributed by atoms with van der Waals surface area (Å²) < 4.78 is 0. The zero-order valence-corrected chi connectivity index (χ0v) is 14.8. The summed E-state index contributed by atoms with van der Waals surface area (Å²) in [6.07, 6.45) is 3.30. The first-order valence-electron chi connectivity index (χ1n) is 7.25. The van der Waals surface area contributed by atoms with Gasteiger partial charge in [0.25, 0.3) is 0 Å². The Balaban J connectivity index is 2.05. The Kier molecular flexibility index (Phi) is 5.80. The lowest BCUT2D eigenvalue weighted by molar-refractivity contribution is -0.138. The fourth-order valence-electron chi connectivity index (χ4n) is 1.90. The van der Waals surface area contributed by atoms with Gasteiger partial charge >= 0.3 is 0 Å². The molecule has 0 aliphatic heterocycles. The van der Waals surface area contributed by atoms with Crippen LogP contribution in [0.1, 0.15) is 19.4 Å². The number of hydrogen-bond donors (Lipinski definition) is 2. The van der Waals surface area contributed by atoms with E-state index in [4.69, 9.17) is 23.2 Å². The van der Waals surface area contributed by atoms with E-state index >= 15 is 0 Å². The van der Waals surface area contributed by atoms with Crippen molar-refractivity contribution in [1.29, 1.82) is 0 Å². The summed E-state index contributed by atoms with van der Waals surface area (Å²) in [4.78, 5) is 28.8. The molecule has 0 bridgehead atoms. The van der Waals surface area contributed by atoms with Gasteiger partial charge in [0.15, 0.2) is 0 Å². The molecule has 2 N–H and O–H groups in total. The average Bonchev–Trinajstić information content (AvgIpc) is 2.56. The number of carbonyl (C=O) groups is 2. The summed E-state index contributed by atoms with van der Waals surface area (Å²) in [6, 6.07) is 8.51. The van der Waals surface area contributed by atoms with Crippen molar-refractivity contribution >= 4 is 40.7 Å². The highest BCUT2D eigenvalue weighted by atomic mass is 35.5. The Bertz CT molecular complexity index is 729. The lowest BCUT2D eigenvalue weighted by Gasteiger charge is -2.23. The van der Waals surface area contributed by atoms with E-state index in [-0.39, 0.29) is 6.54 Å². The van der Waals surface area contributed by atoms with E-state index in [2.05, 4.69) is 15.6 Å². The van der Waals surface area contributed by atoms with Crippen LogP contribution < -0.4 is 10.6 Å². The third-order valence-electron chi connectivity index (χ3n) is 3.51. The van der Waals surface area contributed by atoms with Crippen molar-refractivity contribution in [1.82, 2.24) is 10.3 Å². The van der Waals surface area contributed by atoms with Gasteiger partial charge in [-0.15, -0.1) is 0 Å². The number of amides is 2. The predicted molar refractivity (Wildman–Crippen MR) is 95.0 cm³/mol. The quantitative estimate of drug-likeness (QED) is 0.794. The molecule has 0 atom stereocenters. The minimum absolute atomic E-state index is 0.288. The zero-order chi connectivity index (χ0) is 17.7. The van der Waals surface area contributed by atoms with Gasteiger partial charge in [-0.3, -0.25) is 14.6 Å². The number of anilines is 1. The molecule has 0 saturated heterocycles. The molecule has 0 saturated carbocycles. The van der Waals surface area contributed by atoms with E-state index in [1.165, 1.54) is 13.8 Å². The number of nitrogens with one attached hydrogen (secondary N) is 2.